The highest BCUT2D eigenvalue weighted by Gasteiger charge is 2.16. The maximum absolute atomic E-state index is 12.0. The summed E-state index contributed by atoms with van der Waals surface area (Å²) in [5.74, 6) is -0.432. The molecule has 3 N–H and O–H groups in total. The van der Waals surface area contributed by atoms with Crippen LogP contribution >= 0.6 is 27.3 Å². The number of anilines is 1. The first-order valence-corrected chi connectivity index (χ1v) is 9.38. The van der Waals surface area contributed by atoms with E-state index in [0.29, 0.717) is 10.6 Å². The fraction of sp³-hybridized carbons (Fsp3) is 0.250. The van der Waals surface area contributed by atoms with Gasteiger partial charge in [0.15, 0.2) is 0 Å². The fourth-order valence-electron chi connectivity index (χ4n) is 1.69. The Kier molecular flexibility index (Phi) is 4.36. The first kappa shape index (κ1) is 15.3. The standard InChI is InChI=1S/C12H13BrN2O3S2/c1-20(17,18)5-4-15-12(16)11-10(14)8-6-7(13)2-3-9(8)19-11/h2-3,6H,4-5,14H2,1H3,(H,15,16). The minimum atomic E-state index is -3.09. The lowest BCUT2D eigenvalue weighted by molar-refractivity contribution is 0.0961. The Bertz CT molecular complexity index is 768. The number of thiophene rings is 1. The molecule has 1 aromatic carbocycles. The van der Waals surface area contributed by atoms with E-state index in [0.717, 1.165) is 20.8 Å². The molecule has 0 saturated heterocycles. The van der Waals surface area contributed by atoms with E-state index in [1.807, 2.05) is 18.2 Å². The van der Waals surface area contributed by atoms with Gasteiger partial charge in [0.05, 0.1) is 11.4 Å². The number of fused-ring (bicyclic) bond motifs is 1. The van der Waals surface area contributed by atoms with E-state index in [4.69, 9.17) is 5.73 Å². The summed E-state index contributed by atoms with van der Waals surface area (Å²) < 4.78 is 23.8. The van der Waals surface area contributed by atoms with Gasteiger partial charge in [-0.05, 0) is 18.2 Å². The van der Waals surface area contributed by atoms with E-state index in [1.165, 1.54) is 11.3 Å². The quantitative estimate of drug-likeness (QED) is 0.853. The molecule has 108 valence electrons. The number of benzene rings is 1. The lowest BCUT2D eigenvalue weighted by Gasteiger charge is -2.03. The highest BCUT2D eigenvalue weighted by Crippen LogP contribution is 2.35. The van der Waals surface area contributed by atoms with Crippen LogP contribution in [0.1, 0.15) is 9.67 Å². The number of nitrogens with one attached hydrogen (secondary N) is 1. The third-order valence-electron chi connectivity index (χ3n) is 2.65. The summed E-state index contributed by atoms with van der Waals surface area (Å²) in [6.07, 6.45) is 1.13. The van der Waals surface area contributed by atoms with Crippen molar-refractivity contribution in [2.24, 2.45) is 0 Å². The number of carbonyl (C=O) groups excluding carboxylic acids is 1. The summed E-state index contributed by atoms with van der Waals surface area (Å²) >= 11 is 4.65. The van der Waals surface area contributed by atoms with Crippen LogP contribution in [0.15, 0.2) is 22.7 Å². The van der Waals surface area contributed by atoms with Crippen molar-refractivity contribution in [1.29, 1.82) is 0 Å². The van der Waals surface area contributed by atoms with Crippen LogP contribution in [0.2, 0.25) is 0 Å². The van der Waals surface area contributed by atoms with Crippen molar-refractivity contribution in [3.05, 3.63) is 27.5 Å². The predicted molar refractivity (Wildman–Crippen MR) is 86.0 cm³/mol. The normalized spacial score (nSPS) is 11.7. The van der Waals surface area contributed by atoms with E-state index in [9.17, 15) is 13.2 Å². The Hall–Kier alpha value is -1.12. The largest absolute Gasteiger partial charge is 0.397 e. The van der Waals surface area contributed by atoms with Crippen LogP contribution in [0, 0.1) is 0 Å². The molecular formula is C12H13BrN2O3S2. The third-order valence-corrected chi connectivity index (χ3v) is 5.28. The highest BCUT2D eigenvalue weighted by atomic mass is 79.9. The van der Waals surface area contributed by atoms with Gasteiger partial charge in [-0.15, -0.1) is 11.3 Å². The van der Waals surface area contributed by atoms with Gasteiger partial charge in [-0.3, -0.25) is 4.79 Å². The van der Waals surface area contributed by atoms with Crippen molar-refractivity contribution in [1.82, 2.24) is 5.32 Å². The van der Waals surface area contributed by atoms with E-state index < -0.39 is 9.84 Å². The smallest absolute Gasteiger partial charge is 0.263 e. The molecule has 20 heavy (non-hydrogen) atoms. The number of nitrogen functional groups attached to an aromatic ring is 1. The molecule has 0 aliphatic rings. The molecule has 1 amide bonds. The molecule has 0 radical (unpaired) electrons. The fourth-order valence-corrected chi connectivity index (χ4v) is 3.54. The Morgan fingerprint density at radius 1 is 1.45 bits per heavy atom. The number of nitrogens with two attached hydrogens (primary N) is 1. The molecule has 1 heterocycles. The second-order valence-corrected chi connectivity index (χ2v) is 8.60. The number of rotatable bonds is 4. The lowest BCUT2D eigenvalue weighted by atomic mass is 10.2. The predicted octanol–water partition coefficient (Wildman–Crippen LogP) is 2.02. The third kappa shape index (κ3) is 3.50. The summed E-state index contributed by atoms with van der Waals surface area (Å²) in [6, 6.07) is 5.62. The van der Waals surface area contributed by atoms with Crippen LogP contribution in [-0.2, 0) is 9.84 Å². The zero-order chi connectivity index (χ0) is 14.9. The molecule has 0 unspecified atom stereocenters. The van der Waals surface area contributed by atoms with Crippen LogP contribution < -0.4 is 11.1 Å². The van der Waals surface area contributed by atoms with Gasteiger partial charge in [0.25, 0.3) is 5.91 Å². The molecule has 0 aliphatic heterocycles. The van der Waals surface area contributed by atoms with Gasteiger partial charge in [0.2, 0.25) is 0 Å². The Morgan fingerprint density at radius 2 is 2.15 bits per heavy atom. The molecule has 0 bridgehead atoms. The number of halogens is 1. The number of hydrogen-bond donors (Lipinski definition) is 2. The number of amides is 1. The topological polar surface area (TPSA) is 89.3 Å². The average Bonchev–Trinajstić information content (AvgIpc) is 2.65. The van der Waals surface area contributed by atoms with Crippen LogP contribution in [0.3, 0.4) is 0 Å². The molecule has 2 aromatic rings. The van der Waals surface area contributed by atoms with Gasteiger partial charge in [-0.2, -0.15) is 0 Å². The van der Waals surface area contributed by atoms with Crippen LogP contribution in [0.25, 0.3) is 10.1 Å². The SMILES string of the molecule is CS(=O)(=O)CCNC(=O)c1sc2ccc(Br)cc2c1N. The van der Waals surface area contributed by atoms with Crippen LogP contribution in [0.5, 0.6) is 0 Å². The van der Waals surface area contributed by atoms with Crippen molar-refractivity contribution in [2.75, 3.05) is 24.3 Å². The molecule has 0 aliphatic carbocycles. The molecule has 0 fully saturated rings. The van der Waals surface area contributed by atoms with Crippen LogP contribution in [0.4, 0.5) is 5.69 Å². The maximum atomic E-state index is 12.0. The molecule has 5 nitrogen and oxygen atoms in total. The summed E-state index contributed by atoms with van der Waals surface area (Å²) in [7, 11) is -3.09. The minimum Gasteiger partial charge on any atom is -0.397 e. The molecular weight excluding hydrogens is 364 g/mol. The van der Waals surface area contributed by atoms with Gasteiger partial charge in [0, 0.05) is 27.4 Å². The van der Waals surface area contributed by atoms with Gasteiger partial charge in [-0.25, -0.2) is 8.42 Å². The minimum absolute atomic E-state index is 0.0784. The number of sulfone groups is 1. The zero-order valence-electron chi connectivity index (χ0n) is 10.6. The van der Waals surface area contributed by atoms with Crippen molar-refractivity contribution < 1.29 is 13.2 Å². The second-order valence-electron chi connectivity index (χ2n) is 4.37. The second kappa shape index (κ2) is 5.71. The Balaban J connectivity index is 2.20. The highest BCUT2D eigenvalue weighted by molar-refractivity contribution is 9.10. The van der Waals surface area contributed by atoms with E-state index in [1.54, 1.807) is 0 Å². The zero-order valence-corrected chi connectivity index (χ0v) is 13.9. The molecule has 0 spiro atoms. The lowest BCUT2D eigenvalue weighted by Crippen LogP contribution is -2.28. The monoisotopic (exact) mass is 376 g/mol. The van der Waals surface area contributed by atoms with E-state index in [-0.39, 0.29) is 18.2 Å². The summed E-state index contributed by atoms with van der Waals surface area (Å²) in [5, 5.41) is 3.39. The first-order valence-electron chi connectivity index (χ1n) is 5.71. The van der Waals surface area contributed by atoms with Crippen molar-refractivity contribution in [3.8, 4) is 0 Å². The van der Waals surface area contributed by atoms with E-state index in [2.05, 4.69) is 21.2 Å². The van der Waals surface area contributed by atoms with E-state index >= 15 is 0 Å². The summed E-state index contributed by atoms with van der Waals surface area (Å²) in [4.78, 5) is 12.4. The maximum Gasteiger partial charge on any atom is 0.263 e. The van der Waals surface area contributed by atoms with Crippen molar-refractivity contribution in [3.63, 3.8) is 0 Å². The number of hydrogen-bond acceptors (Lipinski definition) is 5. The van der Waals surface area contributed by atoms with Gasteiger partial charge >= 0.3 is 0 Å². The van der Waals surface area contributed by atoms with Gasteiger partial charge < -0.3 is 11.1 Å². The van der Waals surface area contributed by atoms with Crippen LogP contribution in [-0.4, -0.2) is 32.9 Å². The molecule has 0 saturated carbocycles. The molecule has 8 heteroatoms. The number of carbonyl (C=O) groups is 1. The molecule has 0 atom stereocenters. The Labute approximate surface area is 129 Å². The average molecular weight is 377 g/mol. The molecule has 1 aromatic heterocycles. The van der Waals surface area contributed by atoms with Crippen molar-refractivity contribution >= 4 is 58.8 Å². The Morgan fingerprint density at radius 3 is 2.80 bits per heavy atom. The molecule has 2 rings (SSSR count). The summed E-state index contributed by atoms with van der Waals surface area (Å²) in [5.41, 5.74) is 6.40. The van der Waals surface area contributed by atoms with Gasteiger partial charge in [-0.1, -0.05) is 15.9 Å². The van der Waals surface area contributed by atoms with Crippen molar-refractivity contribution in [2.45, 2.75) is 0 Å². The van der Waals surface area contributed by atoms with Gasteiger partial charge in [0.1, 0.15) is 14.7 Å². The first-order chi connectivity index (χ1) is 9.28. The summed E-state index contributed by atoms with van der Waals surface area (Å²) in [6.45, 7) is 0.0784.